The fraction of sp³-hybridized carbons (Fsp3) is 0.556. The van der Waals surface area contributed by atoms with Crippen molar-refractivity contribution in [2.45, 2.75) is 64.7 Å². The molecule has 0 saturated heterocycles. The van der Waals surface area contributed by atoms with Crippen LogP contribution in [0, 0.1) is 0 Å². The van der Waals surface area contributed by atoms with Gasteiger partial charge < -0.3 is 4.74 Å². The van der Waals surface area contributed by atoms with Gasteiger partial charge in [-0.15, -0.1) is 13.2 Å². The molecular formula is C18H23F3O. The summed E-state index contributed by atoms with van der Waals surface area (Å²) < 4.78 is 40.7. The fourth-order valence-electron chi connectivity index (χ4n) is 2.88. The van der Waals surface area contributed by atoms with Crippen molar-refractivity contribution in [1.29, 1.82) is 0 Å². The lowest BCUT2D eigenvalue weighted by atomic mass is 9.89. The molecule has 1 aliphatic carbocycles. The van der Waals surface area contributed by atoms with Crippen LogP contribution in [-0.2, 0) is 12.8 Å². The lowest BCUT2D eigenvalue weighted by Crippen LogP contribution is -2.17. The summed E-state index contributed by atoms with van der Waals surface area (Å²) >= 11 is 0. The summed E-state index contributed by atoms with van der Waals surface area (Å²) in [5.41, 5.74) is 3.48. The van der Waals surface area contributed by atoms with Gasteiger partial charge in [0, 0.05) is 0 Å². The molecule has 0 amide bonds. The topological polar surface area (TPSA) is 9.23 Å². The van der Waals surface area contributed by atoms with E-state index in [9.17, 15) is 13.2 Å². The maximum atomic E-state index is 12.2. The Morgan fingerprint density at radius 3 is 2.55 bits per heavy atom. The van der Waals surface area contributed by atoms with E-state index in [4.69, 9.17) is 0 Å². The predicted molar refractivity (Wildman–Crippen MR) is 82.0 cm³/mol. The molecule has 1 aromatic carbocycles. The molecule has 4 heteroatoms. The highest BCUT2D eigenvalue weighted by Crippen LogP contribution is 2.30. The van der Waals surface area contributed by atoms with Gasteiger partial charge in [0.05, 0.1) is 0 Å². The molecule has 1 aromatic rings. The van der Waals surface area contributed by atoms with Crippen LogP contribution in [0.1, 0.15) is 56.6 Å². The summed E-state index contributed by atoms with van der Waals surface area (Å²) in [5, 5.41) is 0. The first kappa shape index (κ1) is 16.9. The lowest BCUT2D eigenvalue weighted by Gasteiger charge is -2.18. The van der Waals surface area contributed by atoms with E-state index in [0.717, 1.165) is 24.0 Å². The molecule has 0 unspecified atom stereocenters. The van der Waals surface area contributed by atoms with Crippen LogP contribution in [0.4, 0.5) is 13.2 Å². The van der Waals surface area contributed by atoms with Crippen molar-refractivity contribution in [3.63, 3.8) is 0 Å². The number of allylic oxidation sites excluding steroid dienone is 2. The van der Waals surface area contributed by atoms with Crippen LogP contribution >= 0.6 is 0 Å². The van der Waals surface area contributed by atoms with Gasteiger partial charge in [-0.3, -0.25) is 0 Å². The van der Waals surface area contributed by atoms with Crippen LogP contribution in [0.2, 0.25) is 0 Å². The molecule has 22 heavy (non-hydrogen) atoms. The average molecular weight is 312 g/mol. The number of hydrogen-bond acceptors (Lipinski definition) is 1. The van der Waals surface area contributed by atoms with Crippen LogP contribution < -0.4 is 4.74 Å². The molecule has 2 rings (SSSR count). The van der Waals surface area contributed by atoms with Crippen molar-refractivity contribution < 1.29 is 17.9 Å². The first-order chi connectivity index (χ1) is 10.5. The third-order valence-corrected chi connectivity index (χ3v) is 4.04. The minimum Gasteiger partial charge on any atom is -0.406 e. The van der Waals surface area contributed by atoms with Gasteiger partial charge in [-0.05, 0) is 48.9 Å². The van der Waals surface area contributed by atoms with Gasteiger partial charge >= 0.3 is 6.36 Å². The maximum absolute atomic E-state index is 12.2. The van der Waals surface area contributed by atoms with Crippen molar-refractivity contribution in [3.8, 4) is 5.75 Å². The third kappa shape index (κ3) is 5.39. The molecule has 0 radical (unpaired) electrons. The Bertz CT molecular complexity index is 518. The molecule has 122 valence electrons. The molecule has 0 bridgehead atoms. The van der Waals surface area contributed by atoms with E-state index in [-0.39, 0.29) is 5.75 Å². The van der Waals surface area contributed by atoms with Gasteiger partial charge in [-0.25, -0.2) is 0 Å². The standard InChI is InChI=1S/C18H23F3O/c1-2-3-4-5-6-7-14-8-9-16-13-17(22-18(19,20)21)11-10-15(16)12-14/h8,10-11,13H,2-7,9,12H2,1H3. The monoisotopic (exact) mass is 312 g/mol. The highest BCUT2D eigenvalue weighted by atomic mass is 19.4. The third-order valence-electron chi connectivity index (χ3n) is 4.04. The number of halogens is 3. The smallest absolute Gasteiger partial charge is 0.406 e. The van der Waals surface area contributed by atoms with E-state index in [2.05, 4.69) is 17.7 Å². The summed E-state index contributed by atoms with van der Waals surface area (Å²) in [6, 6.07) is 4.69. The Labute approximate surface area is 130 Å². The lowest BCUT2D eigenvalue weighted by molar-refractivity contribution is -0.274. The Balaban J connectivity index is 1.87. The van der Waals surface area contributed by atoms with E-state index in [1.54, 1.807) is 6.07 Å². The zero-order valence-electron chi connectivity index (χ0n) is 13.0. The molecule has 0 spiro atoms. The van der Waals surface area contributed by atoms with Gasteiger partial charge in [0.25, 0.3) is 0 Å². The van der Waals surface area contributed by atoms with Gasteiger partial charge in [0.1, 0.15) is 5.75 Å². The molecule has 0 aromatic heterocycles. The minimum atomic E-state index is -4.62. The Hall–Kier alpha value is -1.45. The minimum absolute atomic E-state index is 0.123. The SMILES string of the molecule is CCCCCCCC1=CCc2cc(OC(F)(F)F)ccc2C1. The van der Waals surface area contributed by atoms with Crippen LogP contribution in [-0.4, -0.2) is 6.36 Å². The van der Waals surface area contributed by atoms with Crippen molar-refractivity contribution in [2.75, 3.05) is 0 Å². The van der Waals surface area contributed by atoms with Gasteiger partial charge in [-0.1, -0.05) is 50.3 Å². The molecular weight excluding hydrogens is 289 g/mol. The van der Waals surface area contributed by atoms with Crippen LogP contribution in [0.3, 0.4) is 0 Å². The van der Waals surface area contributed by atoms with E-state index < -0.39 is 6.36 Å². The largest absolute Gasteiger partial charge is 0.573 e. The molecule has 0 aliphatic heterocycles. The normalized spacial score (nSPS) is 14.5. The van der Waals surface area contributed by atoms with E-state index in [1.165, 1.54) is 49.8 Å². The number of ether oxygens (including phenoxy) is 1. The summed E-state index contributed by atoms with van der Waals surface area (Å²) in [6.45, 7) is 2.21. The Morgan fingerprint density at radius 2 is 1.82 bits per heavy atom. The Kier molecular flexibility index (Phi) is 5.92. The fourth-order valence-corrected chi connectivity index (χ4v) is 2.88. The van der Waals surface area contributed by atoms with E-state index >= 15 is 0 Å². The average Bonchev–Trinajstić information content (AvgIpc) is 2.45. The molecule has 1 nitrogen and oxygen atoms in total. The summed E-state index contributed by atoms with van der Waals surface area (Å²) in [6.07, 6.45) is 6.50. The molecule has 0 fully saturated rings. The van der Waals surface area contributed by atoms with Gasteiger partial charge in [-0.2, -0.15) is 0 Å². The first-order valence-electron chi connectivity index (χ1n) is 8.03. The summed E-state index contributed by atoms with van der Waals surface area (Å²) in [7, 11) is 0. The van der Waals surface area contributed by atoms with Crippen LogP contribution in [0.5, 0.6) is 5.75 Å². The highest BCUT2D eigenvalue weighted by Gasteiger charge is 2.31. The molecule has 0 heterocycles. The van der Waals surface area contributed by atoms with Gasteiger partial charge in [0.2, 0.25) is 0 Å². The number of benzene rings is 1. The maximum Gasteiger partial charge on any atom is 0.573 e. The number of fused-ring (bicyclic) bond motifs is 1. The number of alkyl halides is 3. The quantitative estimate of drug-likeness (QED) is 0.445. The van der Waals surface area contributed by atoms with Crippen LogP contribution in [0.15, 0.2) is 29.8 Å². The number of rotatable bonds is 7. The van der Waals surface area contributed by atoms with Crippen molar-refractivity contribution in [3.05, 3.63) is 41.0 Å². The van der Waals surface area contributed by atoms with Crippen molar-refractivity contribution in [1.82, 2.24) is 0 Å². The van der Waals surface area contributed by atoms with Crippen molar-refractivity contribution in [2.24, 2.45) is 0 Å². The zero-order chi connectivity index (χ0) is 16.0. The molecule has 0 atom stereocenters. The van der Waals surface area contributed by atoms with Crippen molar-refractivity contribution >= 4 is 0 Å². The second kappa shape index (κ2) is 7.70. The second-order valence-corrected chi connectivity index (χ2v) is 5.89. The molecule has 0 N–H and O–H groups in total. The predicted octanol–water partition coefficient (Wildman–Crippen LogP) is 5.97. The van der Waals surface area contributed by atoms with E-state index in [1.807, 2.05) is 0 Å². The zero-order valence-corrected chi connectivity index (χ0v) is 13.0. The Morgan fingerprint density at radius 1 is 1.05 bits per heavy atom. The molecule has 1 aliphatic rings. The summed E-state index contributed by atoms with van der Waals surface area (Å²) in [5.74, 6) is -0.123. The van der Waals surface area contributed by atoms with Gasteiger partial charge in [0.15, 0.2) is 0 Å². The first-order valence-corrected chi connectivity index (χ1v) is 8.03. The highest BCUT2D eigenvalue weighted by molar-refractivity contribution is 5.42. The molecule has 0 saturated carbocycles. The number of unbranched alkanes of at least 4 members (excludes halogenated alkanes) is 4. The summed E-state index contributed by atoms with van der Waals surface area (Å²) in [4.78, 5) is 0. The van der Waals surface area contributed by atoms with Crippen LogP contribution in [0.25, 0.3) is 0 Å². The second-order valence-electron chi connectivity index (χ2n) is 5.89. The number of hydrogen-bond donors (Lipinski definition) is 0. The van der Waals surface area contributed by atoms with E-state index in [0.29, 0.717) is 6.42 Å².